The molecule has 2 aromatic rings. The van der Waals surface area contributed by atoms with Crippen molar-refractivity contribution in [2.45, 2.75) is 50.8 Å². The van der Waals surface area contributed by atoms with Gasteiger partial charge in [0.15, 0.2) is 5.78 Å². The van der Waals surface area contributed by atoms with E-state index >= 15 is 0 Å². The quantitative estimate of drug-likeness (QED) is 0.348. The Bertz CT molecular complexity index is 1170. The van der Waals surface area contributed by atoms with E-state index in [1.54, 1.807) is 44.2 Å². The highest BCUT2D eigenvalue weighted by molar-refractivity contribution is 5.96. The van der Waals surface area contributed by atoms with E-state index in [0.29, 0.717) is 5.56 Å². The molecule has 0 radical (unpaired) electrons. The van der Waals surface area contributed by atoms with Gasteiger partial charge in [-0.15, -0.1) is 0 Å². The molecule has 6 N–H and O–H groups in total. The van der Waals surface area contributed by atoms with Gasteiger partial charge in [-0.25, -0.2) is 4.79 Å². The summed E-state index contributed by atoms with van der Waals surface area (Å²) in [5, 5.41) is 12.3. The van der Waals surface area contributed by atoms with Gasteiger partial charge in [0, 0.05) is 18.8 Å². The van der Waals surface area contributed by atoms with E-state index in [2.05, 4.69) is 5.32 Å². The predicted molar refractivity (Wildman–Crippen MR) is 128 cm³/mol. The summed E-state index contributed by atoms with van der Waals surface area (Å²) in [5.74, 6) is -3.51. The molecule has 0 saturated carbocycles. The molecule has 1 saturated heterocycles. The van der Waals surface area contributed by atoms with Crippen molar-refractivity contribution in [3.8, 4) is 0 Å². The first-order chi connectivity index (χ1) is 16.9. The van der Waals surface area contributed by atoms with Crippen molar-refractivity contribution in [2.75, 3.05) is 6.61 Å². The Morgan fingerprint density at radius 3 is 2.33 bits per heavy atom. The zero-order valence-corrected chi connectivity index (χ0v) is 20.1. The van der Waals surface area contributed by atoms with Gasteiger partial charge in [0.05, 0.1) is 18.1 Å². The number of carboxylic acid groups (broad SMARTS) is 1. The van der Waals surface area contributed by atoms with E-state index in [0.717, 1.165) is 0 Å². The lowest BCUT2D eigenvalue weighted by molar-refractivity contribution is -0.133. The van der Waals surface area contributed by atoms with Crippen LogP contribution in [0.3, 0.4) is 0 Å². The summed E-state index contributed by atoms with van der Waals surface area (Å²) in [4.78, 5) is 61.8. The highest BCUT2D eigenvalue weighted by Gasteiger charge is 2.49. The number of ketones is 1. The minimum Gasteiger partial charge on any atom is -0.478 e. The monoisotopic (exact) mass is 498 g/mol. The number of rotatable bonds is 11. The Morgan fingerprint density at radius 1 is 1.11 bits per heavy atom. The summed E-state index contributed by atoms with van der Waals surface area (Å²) in [6, 6.07) is 8.83. The minimum absolute atomic E-state index is 0.0226. The molecule has 3 atom stereocenters. The van der Waals surface area contributed by atoms with Crippen LogP contribution in [0.2, 0.25) is 0 Å². The summed E-state index contributed by atoms with van der Waals surface area (Å²) < 4.78 is 6.86. The van der Waals surface area contributed by atoms with Crippen molar-refractivity contribution < 1.29 is 33.8 Å². The van der Waals surface area contributed by atoms with Crippen molar-refractivity contribution in [2.24, 2.45) is 16.9 Å². The molecule has 1 aromatic heterocycles. The fourth-order valence-electron chi connectivity index (χ4n) is 4.76. The van der Waals surface area contributed by atoms with Crippen LogP contribution < -0.4 is 16.8 Å². The Balaban J connectivity index is 2.18. The first kappa shape index (κ1) is 26.6. The van der Waals surface area contributed by atoms with Crippen LogP contribution in [0.5, 0.6) is 0 Å². The normalized spacial score (nSPS) is 19.4. The molecular weight excluding hydrogens is 468 g/mol. The van der Waals surface area contributed by atoms with Gasteiger partial charge < -0.3 is 31.2 Å². The van der Waals surface area contributed by atoms with Crippen LogP contribution in [0.4, 0.5) is 0 Å². The molecular formula is C25H30N4O7. The summed E-state index contributed by atoms with van der Waals surface area (Å²) in [6.45, 7) is 3.25. The number of hydrogen-bond acceptors (Lipinski definition) is 6. The van der Waals surface area contributed by atoms with E-state index in [1.807, 2.05) is 0 Å². The second kappa shape index (κ2) is 10.3. The second-order valence-corrected chi connectivity index (χ2v) is 9.76. The number of carbonyl (C=O) groups excluding carboxylic acids is 4. The third-order valence-corrected chi connectivity index (χ3v) is 6.24. The Kier molecular flexibility index (Phi) is 7.63. The SMILES string of the molecule is CC(C)(CC(N)=O)CC(C(=O)NC1C(=O)COC1CC(N)=O)(c1ccccc1)n1ccc(C(=O)O)c1. The van der Waals surface area contributed by atoms with Crippen LogP contribution in [-0.4, -0.2) is 57.9 Å². The zero-order valence-electron chi connectivity index (χ0n) is 20.1. The number of nitrogens with two attached hydrogens (primary N) is 2. The van der Waals surface area contributed by atoms with Crippen molar-refractivity contribution >= 4 is 29.5 Å². The van der Waals surface area contributed by atoms with Gasteiger partial charge in [0.1, 0.15) is 18.2 Å². The number of primary amides is 2. The highest BCUT2D eigenvalue weighted by Crippen LogP contribution is 2.41. The number of amides is 3. The van der Waals surface area contributed by atoms with E-state index in [1.165, 1.54) is 23.0 Å². The number of aromatic nitrogens is 1. The molecule has 3 rings (SSSR count). The van der Waals surface area contributed by atoms with Crippen molar-refractivity contribution in [1.82, 2.24) is 9.88 Å². The minimum atomic E-state index is -1.59. The Morgan fingerprint density at radius 2 is 1.78 bits per heavy atom. The largest absolute Gasteiger partial charge is 0.478 e. The van der Waals surface area contributed by atoms with Gasteiger partial charge in [-0.05, 0) is 23.5 Å². The fourth-order valence-corrected chi connectivity index (χ4v) is 4.76. The zero-order chi connectivity index (χ0) is 26.7. The third kappa shape index (κ3) is 5.62. The number of ether oxygens (including phenoxy) is 1. The van der Waals surface area contributed by atoms with Crippen LogP contribution >= 0.6 is 0 Å². The van der Waals surface area contributed by atoms with Crippen LogP contribution in [0.25, 0.3) is 0 Å². The molecule has 1 aliphatic rings. The van der Waals surface area contributed by atoms with E-state index in [9.17, 15) is 29.1 Å². The molecule has 1 fully saturated rings. The number of benzene rings is 1. The standard InChI is InChI=1S/C25H30N4O7/c1-24(2,11-20(27)32)14-25(16-6-4-3-5-7-16,29-9-8-15(12-29)22(33)34)23(35)28-21-17(30)13-36-18(21)10-19(26)31/h3-9,12,18,21H,10-11,13-14H2,1-2H3,(H2,26,31)(H2,27,32)(H,28,35)(H,33,34). The number of aromatic carboxylic acids is 1. The highest BCUT2D eigenvalue weighted by atomic mass is 16.5. The molecule has 192 valence electrons. The average molecular weight is 499 g/mol. The van der Waals surface area contributed by atoms with Crippen LogP contribution in [0.1, 0.15) is 49.0 Å². The Hall–Kier alpha value is -3.99. The van der Waals surface area contributed by atoms with Gasteiger partial charge >= 0.3 is 5.97 Å². The van der Waals surface area contributed by atoms with Crippen molar-refractivity contribution in [3.63, 3.8) is 0 Å². The molecule has 3 unspecified atom stereocenters. The van der Waals surface area contributed by atoms with Gasteiger partial charge in [-0.1, -0.05) is 44.2 Å². The van der Waals surface area contributed by atoms with Gasteiger partial charge in [0.25, 0.3) is 5.91 Å². The molecule has 0 aliphatic carbocycles. The smallest absolute Gasteiger partial charge is 0.337 e. The number of carboxylic acids is 1. The van der Waals surface area contributed by atoms with Crippen molar-refractivity contribution in [3.05, 3.63) is 59.9 Å². The predicted octanol–water partition coefficient (Wildman–Crippen LogP) is 0.550. The maximum absolute atomic E-state index is 14.2. The maximum atomic E-state index is 14.2. The first-order valence-electron chi connectivity index (χ1n) is 11.3. The second-order valence-electron chi connectivity index (χ2n) is 9.76. The number of carbonyl (C=O) groups is 5. The van der Waals surface area contributed by atoms with Crippen molar-refractivity contribution in [1.29, 1.82) is 0 Å². The van der Waals surface area contributed by atoms with Crippen LogP contribution in [0, 0.1) is 5.41 Å². The average Bonchev–Trinajstić information content (AvgIpc) is 3.40. The lowest BCUT2D eigenvalue weighted by Crippen LogP contribution is -2.57. The lowest BCUT2D eigenvalue weighted by atomic mass is 9.72. The van der Waals surface area contributed by atoms with E-state index in [-0.39, 0.29) is 31.4 Å². The Labute approximate surface area is 207 Å². The van der Waals surface area contributed by atoms with E-state index in [4.69, 9.17) is 16.2 Å². The van der Waals surface area contributed by atoms with Gasteiger partial charge in [0.2, 0.25) is 11.8 Å². The maximum Gasteiger partial charge on any atom is 0.337 e. The van der Waals surface area contributed by atoms with Crippen LogP contribution in [-0.2, 0) is 29.5 Å². The molecule has 2 heterocycles. The van der Waals surface area contributed by atoms with Crippen LogP contribution in [0.15, 0.2) is 48.8 Å². The van der Waals surface area contributed by atoms with Gasteiger partial charge in [-0.2, -0.15) is 0 Å². The molecule has 0 bridgehead atoms. The molecule has 36 heavy (non-hydrogen) atoms. The number of nitrogens with zero attached hydrogens (tertiary/aromatic N) is 1. The lowest BCUT2D eigenvalue weighted by Gasteiger charge is -2.41. The summed E-state index contributed by atoms with van der Waals surface area (Å²) in [5.41, 5.74) is 8.80. The molecule has 1 aromatic carbocycles. The third-order valence-electron chi connectivity index (χ3n) is 6.24. The molecule has 3 amide bonds. The fraction of sp³-hybridized carbons (Fsp3) is 0.400. The number of nitrogens with one attached hydrogen (secondary N) is 1. The summed E-state index contributed by atoms with van der Waals surface area (Å²) >= 11 is 0. The molecule has 0 spiro atoms. The number of Topliss-reactive ketones (excluding diaryl/α,β-unsaturated/α-hetero) is 1. The first-order valence-corrected chi connectivity index (χ1v) is 11.3. The topological polar surface area (TPSA) is 184 Å². The van der Waals surface area contributed by atoms with E-state index < -0.39 is 52.6 Å². The molecule has 11 nitrogen and oxygen atoms in total. The summed E-state index contributed by atoms with van der Waals surface area (Å²) in [7, 11) is 0. The summed E-state index contributed by atoms with van der Waals surface area (Å²) in [6.07, 6.45) is 1.54. The number of hydrogen-bond donors (Lipinski definition) is 4. The van der Waals surface area contributed by atoms with Gasteiger partial charge in [-0.3, -0.25) is 19.2 Å². The molecule has 1 aliphatic heterocycles. The molecule has 11 heteroatoms.